The summed E-state index contributed by atoms with van der Waals surface area (Å²) >= 11 is 3.34. The van der Waals surface area contributed by atoms with Gasteiger partial charge in [-0.25, -0.2) is 0 Å². The Morgan fingerprint density at radius 3 is 3.06 bits per heavy atom. The van der Waals surface area contributed by atoms with Gasteiger partial charge in [-0.05, 0) is 37.6 Å². The molecule has 2 rings (SSSR count). The summed E-state index contributed by atoms with van der Waals surface area (Å²) in [7, 11) is 0. The largest absolute Gasteiger partial charge is 0.426 e. The van der Waals surface area contributed by atoms with Gasteiger partial charge in [-0.3, -0.25) is 4.79 Å². The number of rotatable bonds is 4. The van der Waals surface area contributed by atoms with Crippen LogP contribution in [0.5, 0.6) is 5.75 Å². The summed E-state index contributed by atoms with van der Waals surface area (Å²) in [6.07, 6.45) is 4.47. The lowest BCUT2D eigenvalue weighted by Gasteiger charge is -2.13. The van der Waals surface area contributed by atoms with Crippen LogP contribution in [0.25, 0.3) is 0 Å². The molecule has 0 saturated carbocycles. The van der Waals surface area contributed by atoms with Crippen LogP contribution in [0.4, 0.5) is 0 Å². The molecule has 0 unspecified atom stereocenters. The molecule has 0 amide bonds. The Balaban J connectivity index is 1.80. The summed E-state index contributed by atoms with van der Waals surface area (Å²) < 4.78 is 6.18. The fourth-order valence-corrected chi connectivity index (χ4v) is 2.24. The maximum atomic E-state index is 11.7. The molecule has 0 atom stereocenters. The zero-order chi connectivity index (χ0) is 12.8. The number of hydrogen-bond acceptors (Lipinski definition) is 3. The molecule has 0 radical (unpaired) electrons. The second-order valence-corrected chi connectivity index (χ2v) is 5.17. The van der Waals surface area contributed by atoms with Crippen molar-refractivity contribution in [3.8, 4) is 5.75 Å². The molecule has 18 heavy (non-hydrogen) atoms. The number of halogens is 1. The SMILES string of the molecule is O=C(CCC1=CCCNC1)Oc1cccc(Br)c1. The van der Waals surface area contributed by atoms with Gasteiger partial charge in [0.25, 0.3) is 0 Å². The van der Waals surface area contributed by atoms with Crippen LogP contribution in [0.2, 0.25) is 0 Å². The Hall–Kier alpha value is -1.13. The lowest BCUT2D eigenvalue weighted by atomic mass is 10.1. The number of hydrogen-bond donors (Lipinski definition) is 1. The van der Waals surface area contributed by atoms with E-state index in [0.717, 1.165) is 30.4 Å². The minimum Gasteiger partial charge on any atom is -0.426 e. The monoisotopic (exact) mass is 309 g/mol. The highest BCUT2D eigenvalue weighted by Gasteiger charge is 2.08. The van der Waals surface area contributed by atoms with E-state index in [1.54, 1.807) is 12.1 Å². The fourth-order valence-electron chi connectivity index (χ4n) is 1.87. The third kappa shape index (κ3) is 4.27. The lowest BCUT2D eigenvalue weighted by molar-refractivity contribution is -0.134. The van der Waals surface area contributed by atoms with Gasteiger partial charge < -0.3 is 10.1 Å². The number of benzene rings is 1. The predicted octanol–water partition coefficient (Wildman–Crippen LogP) is 3.05. The molecule has 1 aliphatic heterocycles. The van der Waals surface area contributed by atoms with Crippen LogP contribution in [0.3, 0.4) is 0 Å². The van der Waals surface area contributed by atoms with Crippen LogP contribution in [-0.2, 0) is 4.79 Å². The molecule has 0 bridgehead atoms. The standard InChI is InChI=1S/C14H16BrNO2/c15-12-4-1-5-13(9-12)18-14(17)7-6-11-3-2-8-16-10-11/h1,3-5,9,16H,2,6-8,10H2. The van der Waals surface area contributed by atoms with Gasteiger partial charge in [-0.2, -0.15) is 0 Å². The van der Waals surface area contributed by atoms with Crippen LogP contribution >= 0.6 is 15.9 Å². The number of carbonyl (C=O) groups is 1. The van der Waals surface area contributed by atoms with Crippen molar-refractivity contribution in [1.82, 2.24) is 5.32 Å². The van der Waals surface area contributed by atoms with E-state index in [-0.39, 0.29) is 5.97 Å². The van der Waals surface area contributed by atoms with Gasteiger partial charge in [0.05, 0.1) is 0 Å². The highest BCUT2D eigenvalue weighted by Crippen LogP contribution is 2.18. The zero-order valence-corrected chi connectivity index (χ0v) is 11.7. The van der Waals surface area contributed by atoms with E-state index in [9.17, 15) is 4.79 Å². The van der Waals surface area contributed by atoms with Gasteiger partial charge in [0.2, 0.25) is 0 Å². The molecule has 0 aromatic heterocycles. The van der Waals surface area contributed by atoms with Crippen molar-refractivity contribution in [1.29, 1.82) is 0 Å². The van der Waals surface area contributed by atoms with Crippen molar-refractivity contribution in [2.24, 2.45) is 0 Å². The van der Waals surface area contributed by atoms with Crippen LogP contribution < -0.4 is 10.1 Å². The Kier molecular flexibility index (Phi) is 4.96. The van der Waals surface area contributed by atoms with Crippen molar-refractivity contribution in [3.63, 3.8) is 0 Å². The minimum absolute atomic E-state index is 0.181. The molecule has 1 heterocycles. The number of nitrogens with one attached hydrogen (secondary N) is 1. The smallest absolute Gasteiger partial charge is 0.311 e. The average molecular weight is 310 g/mol. The Morgan fingerprint density at radius 1 is 1.44 bits per heavy atom. The van der Waals surface area contributed by atoms with Crippen LogP contribution in [0, 0.1) is 0 Å². The molecule has 4 heteroatoms. The van der Waals surface area contributed by atoms with Gasteiger partial charge in [-0.15, -0.1) is 0 Å². The van der Waals surface area contributed by atoms with Gasteiger partial charge in [0.15, 0.2) is 0 Å². The molecular formula is C14H16BrNO2. The summed E-state index contributed by atoms with van der Waals surface area (Å²) in [5, 5.41) is 3.29. The van der Waals surface area contributed by atoms with E-state index < -0.39 is 0 Å². The molecular weight excluding hydrogens is 294 g/mol. The minimum atomic E-state index is -0.181. The quantitative estimate of drug-likeness (QED) is 0.528. The molecule has 1 aromatic rings. The summed E-state index contributed by atoms with van der Waals surface area (Å²) in [4.78, 5) is 11.7. The number of carbonyl (C=O) groups excluding carboxylic acids is 1. The summed E-state index contributed by atoms with van der Waals surface area (Å²) in [5.74, 6) is 0.407. The van der Waals surface area contributed by atoms with Crippen molar-refractivity contribution >= 4 is 21.9 Å². The molecule has 0 aliphatic carbocycles. The normalized spacial score (nSPS) is 15.1. The van der Waals surface area contributed by atoms with Crippen LogP contribution in [-0.4, -0.2) is 19.1 Å². The van der Waals surface area contributed by atoms with E-state index in [1.165, 1.54) is 5.57 Å². The fraction of sp³-hybridized carbons (Fsp3) is 0.357. The van der Waals surface area contributed by atoms with Crippen LogP contribution in [0.15, 0.2) is 40.4 Å². The number of ether oxygens (including phenoxy) is 1. The van der Waals surface area contributed by atoms with Gasteiger partial charge >= 0.3 is 5.97 Å². The van der Waals surface area contributed by atoms with E-state index in [1.807, 2.05) is 12.1 Å². The van der Waals surface area contributed by atoms with Gasteiger partial charge in [0, 0.05) is 17.4 Å². The second kappa shape index (κ2) is 6.71. The third-order valence-corrected chi connectivity index (χ3v) is 3.28. The first kappa shape index (κ1) is 13.3. The maximum absolute atomic E-state index is 11.7. The Morgan fingerprint density at radius 2 is 2.33 bits per heavy atom. The maximum Gasteiger partial charge on any atom is 0.311 e. The van der Waals surface area contributed by atoms with E-state index in [2.05, 4.69) is 27.3 Å². The molecule has 3 nitrogen and oxygen atoms in total. The zero-order valence-electron chi connectivity index (χ0n) is 10.1. The Bertz CT molecular complexity index is 457. The van der Waals surface area contributed by atoms with Crippen LogP contribution in [0.1, 0.15) is 19.3 Å². The first-order valence-electron chi connectivity index (χ1n) is 6.09. The summed E-state index contributed by atoms with van der Waals surface area (Å²) in [6, 6.07) is 7.32. The van der Waals surface area contributed by atoms with Crippen molar-refractivity contribution in [2.75, 3.05) is 13.1 Å². The number of esters is 1. The predicted molar refractivity (Wildman–Crippen MR) is 74.6 cm³/mol. The first-order chi connectivity index (χ1) is 8.74. The first-order valence-corrected chi connectivity index (χ1v) is 6.88. The van der Waals surface area contributed by atoms with Gasteiger partial charge in [-0.1, -0.05) is 33.6 Å². The van der Waals surface area contributed by atoms with Gasteiger partial charge in [0.1, 0.15) is 5.75 Å². The van der Waals surface area contributed by atoms with Crippen molar-refractivity contribution in [3.05, 3.63) is 40.4 Å². The molecule has 1 N–H and O–H groups in total. The molecule has 0 fully saturated rings. The van der Waals surface area contributed by atoms with E-state index in [0.29, 0.717) is 12.2 Å². The van der Waals surface area contributed by atoms with E-state index >= 15 is 0 Å². The summed E-state index contributed by atoms with van der Waals surface area (Å²) in [5.41, 5.74) is 1.30. The topological polar surface area (TPSA) is 38.3 Å². The average Bonchev–Trinajstić information content (AvgIpc) is 2.38. The summed E-state index contributed by atoms with van der Waals surface area (Å²) in [6.45, 7) is 1.93. The van der Waals surface area contributed by atoms with Crippen molar-refractivity contribution < 1.29 is 9.53 Å². The van der Waals surface area contributed by atoms with E-state index in [4.69, 9.17) is 4.74 Å². The molecule has 1 aromatic carbocycles. The molecule has 0 spiro atoms. The second-order valence-electron chi connectivity index (χ2n) is 4.26. The van der Waals surface area contributed by atoms with Crippen molar-refractivity contribution in [2.45, 2.75) is 19.3 Å². The highest BCUT2D eigenvalue weighted by molar-refractivity contribution is 9.10. The molecule has 1 aliphatic rings. The third-order valence-electron chi connectivity index (χ3n) is 2.78. The molecule has 96 valence electrons. The Labute approximate surface area is 115 Å². The highest BCUT2D eigenvalue weighted by atomic mass is 79.9. The lowest BCUT2D eigenvalue weighted by Crippen LogP contribution is -2.22. The molecule has 0 saturated heterocycles.